The molecule has 3 heterocycles. The first kappa shape index (κ1) is 19.5. The molecule has 0 amide bonds. The fourth-order valence-corrected chi connectivity index (χ4v) is 3.95. The van der Waals surface area contributed by atoms with Crippen LogP contribution in [0.2, 0.25) is 0 Å². The number of anilines is 2. The van der Waals surface area contributed by atoms with Gasteiger partial charge in [0, 0.05) is 17.8 Å². The van der Waals surface area contributed by atoms with Gasteiger partial charge in [-0.3, -0.25) is 0 Å². The van der Waals surface area contributed by atoms with Crippen molar-refractivity contribution in [2.45, 2.75) is 37.6 Å². The highest BCUT2D eigenvalue weighted by molar-refractivity contribution is 5.85. The van der Waals surface area contributed by atoms with Crippen molar-refractivity contribution in [3.05, 3.63) is 66.1 Å². The number of halogens is 1. The molecule has 4 aromatic rings. The molecule has 2 aliphatic rings. The fraction of sp³-hybridized carbons (Fsp3) is 0.250. The molecule has 2 saturated carbocycles. The van der Waals surface area contributed by atoms with Crippen LogP contribution in [0.5, 0.6) is 0 Å². The lowest BCUT2D eigenvalue weighted by molar-refractivity contribution is 0.766. The second-order valence-electron chi connectivity index (χ2n) is 8.20. The standard InChI is InChI=1S/C24H20N6.ClH/c25-13-15-7-8-26-23(9-15)29-24-12-18(16-1-2-16)11-20(28-24)17-3-6-22-21(10-17)27-14-30(22)19-4-5-19;/h3,6-12,14,16,19H,1-2,4-5H2,(H,26,28,29);1H. The van der Waals surface area contributed by atoms with E-state index in [1.165, 1.54) is 36.8 Å². The summed E-state index contributed by atoms with van der Waals surface area (Å²) in [7, 11) is 0. The fourth-order valence-electron chi connectivity index (χ4n) is 3.95. The van der Waals surface area contributed by atoms with Crippen LogP contribution in [0.4, 0.5) is 11.6 Å². The van der Waals surface area contributed by atoms with Crippen molar-refractivity contribution in [1.82, 2.24) is 19.5 Å². The summed E-state index contributed by atoms with van der Waals surface area (Å²) in [5.74, 6) is 1.98. The van der Waals surface area contributed by atoms with Crippen LogP contribution in [0.3, 0.4) is 0 Å². The largest absolute Gasteiger partial charge is 0.327 e. The lowest BCUT2D eigenvalue weighted by atomic mass is 10.1. The van der Waals surface area contributed by atoms with Gasteiger partial charge in [-0.1, -0.05) is 6.07 Å². The molecule has 0 saturated heterocycles. The molecule has 6 rings (SSSR count). The smallest absolute Gasteiger partial charge is 0.132 e. The van der Waals surface area contributed by atoms with Crippen molar-refractivity contribution in [1.29, 1.82) is 5.26 Å². The Bertz CT molecular complexity index is 1310. The summed E-state index contributed by atoms with van der Waals surface area (Å²) in [5, 5.41) is 12.4. The minimum atomic E-state index is 0. The molecular weight excluding hydrogens is 408 g/mol. The van der Waals surface area contributed by atoms with Crippen LogP contribution in [-0.4, -0.2) is 19.5 Å². The summed E-state index contributed by atoms with van der Waals surface area (Å²) < 4.78 is 2.29. The van der Waals surface area contributed by atoms with Crippen molar-refractivity contribution < 1.29 is 0 Å². The molecule has 0 spiro atoms. The maximum absolute atomic E-state index is 9.14. The first-order valence-corrected chi connectivity index (χ1v) is 10.4. The van der Waals surface area contributed by atoms with Gasteiger partial charge in [0.2, 0.25) is 0 Å². The lowest BCUT2D eigenvalue weighted by Crippen LogP contribution is -1.99. The number of pyridine rings is 2. The Kier molecular flexibility index (Phi) is 4.84. The number of hydrogen-bond acceptors (Lipinski definition) is 5. The van der Waals surface area contributed by atoms with E-state index in [1.807, 2.05) is 6.33 Å². The molecule has 1 N–H and O–H groups in total. The van der Waals surface area contributed by atoms with E-state index in [0.29, 0.717) is 23.3 Å². The van der Waals surface area contributed by atoms with Crippen LogP contribution in [0, 0.1) is 11.3 Å². The highest BCUT2D eigenvalue weighted by Gasteiger charge is 2.26. The minimum absolute atomic E-state index is 0. The molecule has 2 aliphatic carbocycles. The Morgan fingerprint density at radius 1 is 0.968 bits per heavy atom. The number of fused-ring (bicyclic) bond motifs is 1. The van der Waals surface area contributed by atoms with Crippen molar-refractivity contribution in [2.75, 3.05) is 5.32 Å². The number of nitrogens with zero attached hydrogens (tertiary/aromatic N) is 5. The normalized spacial score (nSPS) is 15.3. The number of benzene rings is 1. The summed E-state index contributed by atoms with van der Waals surface area (Å²) in [4.78, 5) is 13.8. The Morgan fingerprint density at radius 2 is 1.84 bits per heavy atom. The molecular formula is C24H21ClN6. The highest BCUT2D eigenvalue weighted by Crippen LogP contribution is 2.42. The van der Waals surface area contributed by atoms with Crippen LogP contribution in [0.25, 0.3) is 22.3 Å². The van der Waals surface area contributed by atoms with Crippen LogP contribution >= 0.6 is 12.4 Å². The van der Waals surface area contributed by atoms with E-state index in [-0.39, 0.29) is 12.4 Å². The first-order valence-electron chi connectivity index (χ1n) is 10.4. The van der Waals surface area contributed by atoms with Crippen LogP contribution < -0.4 is 5.32 Å². The third kappa shape index (κ3) is 3.85. The summed E-state index contributed by atoms with van der Waals surface area (Å²) in [6.07, 6.45) is 8.52. The number of aromatic nitrogens is 4. The number of rotatable bonds is 5. The highest BCUT2D eigenvalue weighted by atomic mass is 35.5. The van der Waals surface area contributed by atoms with Crippen molar-refractivity contribution in [3.63, 3.8) is 0 Å². The van der Waals surface area contributed by atoms with Crippen molar-refractivity contribution in [2.24, 2.45) is 0 Å². The van der Waals surface area contributed by atoms with Gasteiger partial charge < -0.3 is 9.88 Å². The quantitative estimate of drug-likeness (QED) is 0.438. The topological polar surface area (TPSA) is 79.4 Å². The molecule has 3 aromatic heterocycles. The van der Waals surface area contributed by atoms with E-state index in [9.17, 15) is 0 Å². The third-order valence-corrected chi connectivity index (χ3v) is 5.85. The second-order valence-corrected chi connectivity index (χ2v) is 8.20. The second kappa shape index (κ2) is 7.68. The van der Waals surface area contributed by atoms with E-state index in [1.54, 1.807) is 18.3 Å². The maximum Gasteiger partial charge on any atom is 0.132 e. The third-order valence-electron chi connectivity index (χ3n) is 5.85. The van der Waals surface area contributed by atoms with E-state index in [4.69, 9.17) is 10.2 Å². The van der Waals surface area contributed by atoms with Crippen LogP contribution in [-0.2, 0) is 0 Å². The van der Waals surface area contributed by atoms with Gasteiger partial charge >= 0.3 is 0 Å². The van der Waals surface area contributed by atoms with Gasteiger partial charge in [0.1, 0.15) is 11.6 Å². The molecule has 7 heteroatoms. The zero-order chi connectivity index (χ0) is 20.1. The zero-order valence-corrected chi connectivity index (χ0v) is 17.6. The lowest BCUT2D eigenvalue weighted by Gasteiger charge is -2.11. The van der Waals surface area contributed by atoms with E-state index < -0.39 is 0 Å². The van der Waals surface area contributed by atoms with E-state index in [2.05, 4.69) is 56.3 Å². The maximum atomic E-state index is 9.14. The van der Waals surface area contributed by atoms with Gasteiger partial charge in [0.15, 0.2) is 0 Å². The molecule has 0 atom stereocenters. The van der Waals surface area contributed by atoms with Crippen LogP contribution in [0.1, 0.15) is 48.8 Å². The molecule has 0 aliphatic heterocycles. The summed E-state index contributed by atoms with van der Waals surface area (Å²) in [5.41, 5.74) is 6.06. The molecule has 154 valence electrons. The van der Waals surface area contributed by atoms with Gasteiger partial charge in [0.25, 0.3) is 0 Å². The Morgan fingerprint density at radius 3 is 2.61 bits per heavy atom. The number of nitriles is 1. The van der Waals surface area contributed by atoms with Gasteiger partial charge in [0.05, 0.1) is 34.7 Å². The molecule has 2 fully saturated rings. The molecule has 6 nitrogen and oxygen atoms in total. The Balaban J connectivity index is 0.00000204. The van der Waals surface area contributed by atoms with Crippen LogP contribution in [0.15, 0.2) is 55.0 Å². The van der Waals surface area contributed by atoms with Gasteiger partial charge in [-0.2, -0.15) is 5.26 Å². The monoisotopic (exact) mass is 428 g/mol. The minimum Gasteiger partial charge on any atom is -0.327 e. The number of nitrogens with one attached hydrogen (secondary N) is 1. The molecule has 0 unspecified atom stereocenters. The summed E-state index contributed by atoms with van der Waals surface area (Å²) >= 11 is 0. The number of imidazole rings is 1. The zero-order valence-electron chi connectivity index (χ0n) is 16.8. The van der Waals surface area contributed by atoms with Crippen molar-refractivity contribution >= 4 is 35.1 Å². The van der Waals surface area contributed by atoms with E-state index in [0.717, 1.165) is 22.6 Å². The molecule has 1 aromatic carbocycles. The average molecular weight is 429 g/mol. The SMILES string of the molecule is Cl.N#Cc1ccnc(Nc2cc(C3CC3)cc(-c3ccc4c(c3)ncn4C3CC3)n2)c1. The number of hydrogen-bond donors (Lipinski definition) is 1. The predicted molar refractivity (Wildman–Crippen MR) is 123 cm³/mol. The van der Waals surface area contributed by atoms with Gasteiger partial charge in [-0.15, -0.1) is 12.4 Å². The van der Waals surface area contributed by atoms with Crippen molar-refractivity contribution in [3.8, 4) is 17.3 Å². The first-order chi connectivity index (χ1) is 14.8. The van der Waals surface area contributed by atoms with E-state index >= 15 is 0 Å². The van der Waals surface area contributed by atoms with Gasteiger partial charge in [-0.25, -0.2) is 15.0 Å². The molecule has 0 radical (unpaired) electrons. The predicted octanol–water partition coefficient (Wildman–Crippen LogP) is 5.74. The average Bonchev–Trinajstić information content (AvgIpc) is 3.71. The Hall–Kier alpha value is -3.43. The molecule has 0 bridgehead atoms. The Labute approximate surface area is 186 Å². The summed E-state index contributed by atoms with van der Waals surface area (Å²) in [6.45, 7) is 0. The summed E-state index contributed by atoms with van der Waals surface area (Å²) in [6, 6.07) is 16.9. The molecule has 31 heavy (non-hydrogen) atoms. The van der Waals surface area contributed by atoms with Gasteiger partial charge in [-0.05, 0) is 73.6 Å².